The molecule has 1 amide bonds. The smallest absolute Gasteiger partial charge is 0.333 e. The minimum Gasteiger partial charge on any atom is -0.462 e. The third kappa shape index (κ3) is 30.2. The van der Waals surface area contributed by atoms with Gasteiger partial charge in [-0.3, -0.25) is 9.59 Å². The summed E-state index contributed by atoms with van der Waals surface area (Å²) in [5, 5.41) is 0. The number of ether oxygens (including phenoxy) is 2. The van der Waals surface area contributed by atoms with Gasteiger partial charge in [0, 0.05) is 17.7 Å². The number of amides is 1. The molecule has 0 saturated heterocycles. The fourth-order valence-electron chi connectivity index (χ4n) is 2.95. The van der Waals surface area contributed by atoms with Gasteiger partial charge >= 0.3 is 11.9 Å². The molecular formula is C27H49NO5S. The van der Waals surface area contributed by atoms with Crippen LogP contribution in [0.4, 0.5) is 0 Å². The van der Waals surface area contributed by atoms with Crippen LogP contribution in [0, 0.1) is 0 Å². The van der Waals surface area contributed by atoms with Crippen molar-refractivity contribution in [2.24, 2.45) is 5.73 Å². The number of thiol groups is 1. The number of allylic oxidation sites excluding steroid dienone is 2. The fraction of sp³-hybridized carbons (Fsp3) is 0.741. The molecule has 0 aliphatic carbocycles. The van der Waals surface area contributed by atoms with Crippen molar-refractivity contribution in [3.05, 3.63) is 24.3 Å². The second-order valence-corrected chi connectivity index (χ2v) is 8.86. The van der Waals surface area contributed by atoms with Gasteiger partial charge in [-0.1, -0.05) is 77.0 Å². The number of hydrogen-bond donors (Lipinski definition) is 2. The number of rotatable bonds is 21. The van der Waals surface area contributed by atoms with Crippen molar-refractivity contribution < 1.29 is 23.9 Å². The summed E-state index contributed by atoms with van der Waals surface area (Å²) in [7, 11) is 0. The van der Waals surface area contributed by atoms with E-state index >= 15 is 0 Å². The Morgan fingerprint density at radius 3 is 1.79 bits per heavy atom. The minimum atomic E-state index is -0.477. The molecule has 0 aliphatic heterocycles. The second kappa shape index (κ2) is 27.5. The monoisotopic (exact) mass is 499 g/mol. The zero-order chi connectivity index (χ0) is 25.9. The van der Waals surface area contributed by atoms with Crippen LogP contribution in [-0.2, 0) is 23.9 Å². The van der Waals surface area contributed by atoms with Crippen LogP contribution >= 0.6 is 12.6 Å². The molecular weight excluding hydrogens is 450 g/mol. The Hall–Kier alpha value is -1.76. The maximum absolute atomic E-state index is 10.8. The molecule has 0 bridgehead atoms. The summed E-state index contributed by atoms with van der Waals surface area (Å²) in [4.78, 5) is 32.2. The Kier molecular flexibility index (Phi) is 27.8. The molecule has 2 N–H and O–H groups in total. The van der Waals surface area contributed by atoms with Gasteiger partial charge < -0.3 is 15.2 Å². The Bertz CT molecular complexity index is 563. The summed E-state index contributed by atoms with van der Waals surface area (Å²) in [5.74, 6) is -0.533. The van der Waals surface area contributed by atoms with Crippen LogP contribution in [0.25, 0.3) is 0 Å². The molecule has 0 aromatic carbocycles. The van der Waals surface area contributed by atoms with Crippen LogP contribution in [0.3, 0.4) is 0 Å². The van der Waals surface area contributed by atoms with Crippen molar-refractivity contribution in [2.45, 2.75) is 110 Å². The lowest BCUT2D eigenvalue weighted by Crippen LogP contribution is -2.14. The Balaban J connectivity index is 0. The summed E-state index contributed by atoms with van der Waals surface area (Å²) in [6.45, 7) is 7.36. The summed E-state index contributed by atoms with van der Waals surface area (Å²) in [6, 6.07) is 0. The molecule has 0 rings (SSSR count). The molecule has 34 heavy (non-hydrogen) atoms. The van der Waals surface area contributed by atoms with Crippen LogP contribution in [0.15, 0.2) is 24.3 Å². The van der Waals surface area contributed by atoms with E-state index in [1.54, 1.807) is 6.92 Å². The van der Waals surface area contributed by atoms with E-state index in [1.807, 2.05) is 0 Å². The first-order valence-corrected chi connectivity index (χ1v) is 13.5. The maximum atomic E-state index is 10.8. The van der Waals surface area contributed by atoms with Gasteiger partial charge in [0.1, 0.15) is 13.2 Å². The van der Waals surface area contributed by atoms with Crippen LogP contribution in [0.1, 0.15) is 110 Å². The molecule has 0 radical (unpaired) electrons. The Morgan fingerprint density at radius 2 is 1.29 bits per heavy atom. The topological polar surface area (TPSA) is 95.7 Å². The molecule has 0 fully saturated rings. The van der Waals surface area contributed by atoms with E-state index in [4.69, 9.17) is 15.2 Å². The molecule has 6 nitrogen and oxygen atoms in total. The highest BCUT2D eigenvalue weighted by molar-refractivity contribution is 7.80. The van der Waals surface area contributed by atoms with Gasteiger partial charge in [-0.25, -0.2) is 4.79 Å². The van der Waals surface area contributed by atoms with E-state index in [0.29, 0.717) is 17.7 Å². The third-order valence-electron chi connectivity index (χ3n) is 4.93. The summed E-state index contributed by atoms with van der Waals surface area (Å²) < 4.78 is 9.42. The lowest BCUT2D eigenvalue weighted by atomic mass is 10.1. The van der Waals surface area contributed by atoms with Crippen molar-refractivity contribution in [2.75, 3.05) is 19.0 Å². The molecule has 0 atom stereocenters. The molecule has 0 aromatic heterocycles. The normalized spacial score (nSPS) is 10.4. The molecule has 0 unspecified atom stereocenters. The Labute approximate surface area is 213 Å². The van der Waals surface area contributed by atoms with E-state index in [-0.39, 0.29) is 31.5 Å². The van der Waals surface area contributed by atoms with Crippen molar-refractivity contribution in [1.82, 2.24) is 0 Å². The van der Waals surface area contributed by atoms with Gasteiger partial charge in [0.25, 0.3) is 0 Å². The van der Waals surface area contributed by atoms with E-state index in [1.165, 1.54) is 70.6 Å². The standard InChI is InChI=1S/C18H35NO.C9H14O4S/c1-2-3-4-5-6-7-8-9-10-11-12-13-14-15-16-17-18(19)20;1-7(2)9(11)13-5-4-12-8(10)3-6-14/h9-10H,2-8,11-17H2,1H3,(H2,19,20);14H,1,3-6H2,2H3/b10-9-;. The van der Waals surface area contributed by atoms with Gasteiger partial charge in [0.05, 0.1) is 6.42 Å². The fourth-order valence-corrected chi connectivity index (χ4v) is 3.13. The van der Waals surface area contributed by atoms with Crippen LogP contribution in [-0.4, -0.2) is 36.8 Å². The minimum absolute atomic E-state index is 0.0595. The third-order valence-corrected chi connectivity index (χ3v) is 5.15. The predicted molar refractivity (Wildman–Crippen MR) is 144 cm³/mol. The molecule has 0 spiro atoms. The highest BCUT2D eigenvalue weighted by Crippen LogP contribution is 2.09. The van der Waals surface area contributed by atoms with Crippen LogP contribution < -0.4 is 5.73 Å². The highest BCUT2D eigenvalue weighted by Gasteiger charge is 2.04. The van der Waals surface area contributed by atoms with Gasteiger partial charge in [0.2, 0.25) is 5.91 Å². The van der Waals surface area contributed by atoms with Crippen molar-refractivity contribution in [1.29, 1.82) is 0 Å². The Morgan fingerprint density at radius 1 is 0.794 bits per heavy atom. The van der Waals surface area contributed by atoms with Gasteiger partial charge in [-0.2, -0.15) is 12.6 Å². The van der Waals surface area contributed by atoms with Crippen molar-refractivity contribution >= 4 is 30.5 Å². The molecule has 0 aromatic rings. The zero-order valence-corrected chi connectivity index (χ0v) is 22.5. The lowest BCUT2D eigenvalue weighted by molar-refractivity contribution is -0.149. The first-order valence-electron chi connectivity index (χ1n) is 12.9. The average molecular weight is 500 g/mol. The number of carbonyl (C=O) groups is 3. The van der Waals surface area contributed by atoms with Gasteiger partial charge in [0.15, 0.2) is 0 Å². The van der Waals surface area contributed by atoms with Gasteiger partial charge in [-0.15, -0.1) is 0 Å². The maximum Gasteiger partial charge on any atom is 0.333 e. The first-order chi connectivity index (χ1) is 16.3. The number of hydrogen-bond acceptors (Lipinski definition) is 6. The van der Waals surface area contributed by atoms with Crippen LogP contribution in [0.2, 0.25) is 0 Å². The molecule has 0 saturated carbocycles. The number of primary amides is 1. The summed E-state index contributed by atoms with van der Waals surface area (Å²) in [5.41, 5.74) is 5.42. The predicted octanol–water partition coefficient (Wildman–Crippen LogP) is 6.48. The number of esters is 2. The van der Waals surface area contributed by atoms with E-state index in [0.717, 1.165) is 12.8 Å². The molecule has 0 aliphatic rings. The summed E-state index contributed by atoms with van der Waals surface area (Å²) >= 11 is 3.87. The number of carbonyl (C=O) groups excluding carboxylic acids is 3. The lowest BCUT2D eigenvalue weighted by Gasteiger charge is -2.05. The van der Waals surface area contributed by atoms with Crippen molar-refractivity contribution in [3.63, 3.8) is 0 Å². The second-order valence-electron chi connectivity index (χ2n) is 8.41. The van der Waals surface area contributed by atoms with E-state index in [2.05, 4.69) is 38.3 Å². The van der Waals surface area contributed by atoms with E-state index in [9.17, 15) is 14.4 Å². The van der Waals surface area contributed by atoms with E-state index < -0.39 is 5.97 Å². The molecule has 7 heteroatoms. The zero-order valence-electron chi connectivity index (χ0n) is 21.7. The highest BCUT2D eigenvalue weighted by atomic mass is 32.1. The SMILES string of the molecule is C=C(C)C(=O)OCCOC(=O)CCS.CCCCCCCC/C=C\CCCCCCCC(N)=O. The molecule has 198 valence electrons. The number of unbranched alkanes of at least 4 members (excludes halogenated alkanes) is 11. The quantitative estimate of drug-likeness (QED) is 0.0619. The largest absolute Gasteiger partial charge is 0.462 e. The van der Waals surface area contributed by atoms with Crippen molar-refractivity contribution in [3.8, 4) is 0 Å². The van der Waals surface area contributed by atoms with Crippen LogP contribution in [0.5, 0.6) is 0 Å². The van der Waals surface area contributed by atoms with Gasteiger partial charge in [-0.05, 0) is 39.0 Å². The number of nitrogens with two attached hydrogens (primary N) is 1. The average Bonchev–Trinajstić information content (AvgIpc) is 2.79. The molecule has 0 heterocycles. The first kappa shape index (κ1) is 34.4. The summed E-state index contributed by atoms with van der Waals surface area (Å²) in [6.07, 6.45) is 22.2.